The first-order valence-electron chi connectivity index (χ1n) is 12.2. The Balaban J connectivity index is 1.15. The SMILES string of the molecule is Cc1ccc(CNC(=O)C2CCN(C(=O)c3nnn4c3COC(c3ccc(C)cc3)C4)CC2)cc1. The topological polar surface area (TPSA) is 89.4 Å². The first-order chi connectivity index (χ1) is 17.0. The van der Waals surface area contributed by atoms with Gasteiger partial charge in [0.1, 0.15) is 6.10 Å². The van der Waals surface area contributed by atoms with E-state index in [0.29, 0.717) is 51.3 Å². The number of aryl methyl sites for hydroxylation is 2. The van der Waals surface area contributed by atoms with Gasteiger partial charge < -0.3 is 15.0 Å². The number of nitrogens with zero attached hydrogens (tertiary/aromatic N) is 4. The summed E-state index contributed by atoms with van der Waals surface area (Å²) in [5.74, 6) is -0.173. The fourth-order valence-electron chi connectivity index (χ4n) is 4.69. The number of benzene rings is 2. The van der Waals surface area contributed by atoms with Crippen LogP contribution >= 0.6 is 0 Å². The third-order valence-corrected chi connectivity index (χ3v) is 6.99. The van der Waals surface area contributed by atoms with Crippen LogP contribution in [-0.4, -0.2) is 44.8 Å². The summed E-state index contributed by atoms with van der Waals surface area (Å²) in [5.41, 5.74) is 5.65. The van der Waals surface area contributed by atoms with Gasteiger partial charge in [-0.3, -0.25) is 9.59 Å². The molecule has 0 spiro atoms. The predicted octanol–water partition coefficient (Wildman–Crippen LogP) is 3.34. The smallest absolute Gasteiger partial charge is 0.276 e. The molecule has 2 aliphatic heterocycles. The van der Waals surface area contributed by atoms with E-state index in [0.717, 1.165) is 16.8 Å². The molecule has 35 heavy (non-hydrogen) atoms. The summed E-state index contributed by atoms with van der Waals surface area (Å²) in [4.78, 5) is 27.6. The first-order valence-corrected chi connectivity index (χ1v) is 12.2. The molecule has 5 rings (SSSR count). The number of piperidine rings is 1. The van der Waals surface area contributed by atoms with E-state index in [4.69, 9.17) is 4.74 Å². The van der Waals surface area contributed by atoms with Crippen LogP contribution in [0.15, 0.2) is 48.5 Å². The highest BCUT2D eigenvalue weighted by molar-refractivity contribution is 5.93. The van der Waals surface area contributed by atoms with E-state index in [9.17, 15) is 9.59 Å². The zero-order valence-electron chi connectivity index (χ0n) is 20.2. The van der Waals surface area contributed by atoms with Crippen molar-refractivity contribution in [2.75, 3.05) is 13.1 Å². The van der Waals surface area contributed by atoms with Gasteiger partial charge in [-0.05, 0) is 37.8 Å². The highest BCUT2D eigenvalue weighted by atomic mass is 16.5. The molecule has 0 aliphatic carbocycles. The summed E-state index contributed by atoms with van der Waals surface area (Å²) in [6.07, 6.45) is 1.17. The van der Waals surface area contributed by atoms with Crippen LogP contribution in [0.25, 0.3) is 0 Å². The lowest BCUT2D eigenvalue weighted by Gasteiger charge is -2.31. The molecule has 0 bridgehead atoms. The molecule has 0 radical (unpaired) electrons. The molecular weight excluding hydrogens is 442 g/mol. The van der Waals surface area contributed by atoms with Crippen molar-refractivity contribution in [1.29, 1.82) is 0 Å². The number of aromatic nitrogens is 3. The van der Waals surface area contributed by atoms with E-state index >= 15 is 0 Å². The molecule has 1 atom stereocenters. The van der Waals surface area contributed by atoms with Gasteiger partial charge in [0.05, 0.1) is 18.8 Å². The van der Waals surface area contributed by atoms with E-state index in [2.05, 4.69) is 46.8 Å². The third kappa shape index (κ3) is 5.12. The lowest BCUT2D eigenvalue weighted by Crippen LogP contribution is -2.43. The van der Waals surface area contributed by atoms with E-state index in [1.165, 1.54) is 11.1 Å². The van der Waals surface area contributed by atoms with Gasteiger partial charge in [0, 0.05) is 25.6 Å². The quantitative estimate of drug-likeness (QED) is 0.614. The van der Waals surface area contributed by atoms with Gasteiger partial charge in [-0.15, -0.1) is 5.10 Å². The van der Waals surface area contributed by atoms with E-state index in [1.54, 1.807) is 9.58 Å². The monoisotopic (exact) mass is 473 g/mol. The van der Waals surface area contributed by atoms with Crippen molar-refractivity contribution in [3.8, 4) is 0 Å². The van der Waals surface area contributed by atoms with Crippen LogP contribution in [-0.2, 0) is 29.2 Å². The Morgan fingerprint density at radius 1 is 1.00 bits per heavy atom. The number of amides is 2. The molecule has 2 aliphatic rings. The molecule has 1 fully saturated rings. The van der Waals surface area contributed by atoms with E-state index < -0.39 is 0 Å². The molecule has 1 unspecified atom stereocenters. The molecule has 0 saturated carbocycles. The fraction of sp³-hybridized carbons (Fsp3) is 0.407. The molecule has 1 saturated heterocycles. The molecule has 182 valence electrons. The van der Waals surface area contributed by atoms with Crippen molar-refractivity contribution in [1.82, 2.24) is 25.2 Å². The molecule has 8 nitrogen and oxygen atoms in total. The second kappa shape index (κ2) is 10.00. The maximum Gasteiger partial charge on any atom is 0.276 e. The minimum Gasteiger partial charge on any atom is -0.365 e. The Morgan fingerprint density at radius 2 is 1.66 bits per heavy atom. The number of ether oxygens (including phenoxy) is 1. The number of carbonyl (C=O) groups is 2. The van der Waals surface area contributed by atoms with Gasteiger partial charge in [0.15, 0.2) is 5.69 Å². The molecule has 2 aromatic carbocycles. The maximum absolute atomic E-state index is 13.2. The van der Waals surface area contributed by atoms with Crippen molar-refractivity contribution in [3.05, 3.63) is 82.2 Å². The van der Waals surface area contributed by atoms with Crippen molar-refractivity contribution in [2.24, 2.45) is 5.92 Å². The highest BCUT2D eigenvalue weighted by Crippen LogP contribution is 2.28. The minimum absolute atomic E-state index is 0.0502. The average molecular weight is 474 g/mol. The number of likely N-dealkylation sites (tertiary alicyclic amines) is 1. The highest BCUT2D eigenvalue weighted by Gasteiger charge is 2.33. The second-order valence-corrected chi connectivity index (χ2v) is 9.55. The normalized spacial score (nSPS) is 18.2. The van der Waals surface area contributed by atoms with Crippen molar-refractivity contribution in [2.45, 2.75) is 52.5 Å². The van der Waals surface area contributed by atoms with Gasteiger partial charge in [0.25, 0.3) is 5.91 Å². The summed E-state index contributed by atoms with van der Waals surface area (Å²) < 4.78 is 7.84. The summed E-state index contributed by atoms with van der Waals surface area (Å²) >= 11 is 0. The predicted molar refractivity (Wildman–Crippen MR) is 130 cm³/mol. The summed E-state index contributed by atoms with van der Waals surface area (Å²) in [6.45, 7) is 6.50. The Bertz CT molecular complexity index is 1190. The molecule has 1 N–H and O–H groups in total. The van der Waals surface area contributed by atoms with Crippen LogP contribution < -0.4 is 5.32 Å². The average Bonchev–Trinajstić information content (AvgIpc) is 3.31. The van der Waals surface area contributed by atoms with Crippen LogP contribution in [0.4, 0.5) is 0 Å². The van der Waals surface area contributed by atoms with Crippen LogP contribution in [0.2, 0.25) is 0 Å². The lowest BCUT2D eigenvalue weighted by atomic mass is 9.95. The summed E-state index contributed by atoms with van der Waals surface area (Å²) in [6, 6.07) is 16.4. The maximum atomic E-state index is 13.2. The molecular formula is C27H31N5O3. The Kier molecular flexibility index (Phi) is 6.63. The lowest BCUT2D eigenvalue weighted by molar-refractivity contribution is -0.126. The van der Waals surface area contributed by atoms with Gasteiger partial charge in [0.2, 0.25) is 5.91 Å². The molecule has 2 amide bonds. The Labute approximate surface area is 205 Å². The zero-order chi connectivity index (χ0) is 24.4. The van der Waals surface area contributed by atoms with E-state index in [1.807, 2.05) is 31.2 Å². The fourth-order valence-corrected chi connectivity index (χ4v) is 4.69. The van der Waals surface area contributed by atoms with E-state index in [-0.39, 0.29) is 23.8 Å². The zero-order valence-corrected chi connectivity index (χ0v) is 20.2. The standard InChI is InChI=1S/C27H31N5O3/c1-18-3-7-20(8-4-18)15-28-26(33)22-11-13-31(14-12-22)27(34)25-23-17-35-24(16-32(23)30-29-25)21-9-5-19(2)6-10-21/h3-10,22,24H,11-17H2,1-2H3,(H,28,33). The number of carbonyl (C=O) groups excluding carboxylic acids is 2. The van der Waals surface area contributed by atoms with Crippen LogP contribution in [0.1, 0.15) is 57.4 Å². The molecule has 3 heterocycles. The number of hydrogen-bond donors (Lipinski definition) is 1. The van der Waals surface area contributed by atoms with Gasteiger partial charge in [-0.2, -0.15) is 0 Å². The largest absolute Gasteiger partial charge is 0.365 e. The van der Waals surface area contributed by atoms with Crippen molar-refractivity contribution in [3.63, 3.8) is 0 Å². The van der Waals surface area contributed by atoms with Gasteiger partial charge in [-0.1, -0.05) is 64.9 Å². The summed E-state index contributed by atoms with van der Waals surface area (Å²) in [5, 5.41) is 11.5. The minimum atomic E-state index is -0.137. The van der Waals surface area contributed by atoms with Gasteiger partial charge in [-0.25, -0.2) is 4.68 Å². The third-order valence-electron chi connectivity index (χ3n) is 6.99. The molecule has 8 heteroatoms. The number of fused-ring (bicyclic) bond motifs is 1. The van der Waals surface area contributed by atoms with Crippen molar-refractivity contribution < 1.29 is 14.3 Å². The van der Waals surface area contributed by atoms with Crippen LogP contribution in [0.5, 0.6) is 0 Å². The summed E-state index contributed by atoms with van der Waals surface area (Å²) in [7, 11) is 0. The molecule has 3 aromatic rings. The first kappa shape index (κ1) is 23.2. The number of hydrogen-bond acceptors (Lipinski definition) is 5. The number of nitrogens with one attached hydrogen (secondary N) is 1. The van der Waals surface area contributed by atoms with Crippen LogP contribution in [0, 0.1) is 19.8 Å². The van der Waals surface area contributed by atoms with Crippen LogP contribution in [0.3, 0.4) is 0 Å². The second-order valence-electron chi connectivity index (χ2n) is 9.55. The number of rotatable bonds is 5. The van der Waals surface area contributed by atoms with Gasteiger partial charge >= 0.3 is 0 Å². The Morgan fingerprint density at radius 3 is 2.34 bits per heavy atom. The Hall–Kier alpha value is -3.52. The molecule has 1 aromatic heterocycles. The van der Waals surface area contributed by atoms with Crippen molar-refractivity contribution >= 4 is 11.8 Å².